The third-order valence-electron chi connectivity index (χ3n) is 3.16. The van der Waals surface area contributed by atoms with Gasteiger partial charge in [0.25, 0.3) is 0 Å². The molecule has 21 heavy (non-hydrogen) atoms. The quantitative estimate of drug-likeness (QED) is 0.786. The number of rotatable bonds is 2. The third-order valence-corrected chi connectivity index (χ3v) is 3.16. The fraction of sp³-hybridized carbons (Fsp3) is 0.308. The molecule has 110 valence electrons. The number of benzene rings is 1. The maximum atomic E-state index is 13.1. The Hall–Kier alpha value is -2.56. The first-order valence-corrected chi connectivity index (χ1v) is 5.83. The molecule has 0 bridgehead atoms. The number of nitrogens with zero attached hydrogens (tertiary/aromatic N) is 2. The van der Waals surface area contributed by atoms with Crippen molar-refractivity contribution in [1.82, 2.24) is 0 Å². The van der Waals surface area contributed by atoms with Gasteiger partial charge >= 0.3 is 12.3 Å². The van der Waals surface area contributed by atoms with Crippen molar-refractivity contribution in [3.8, 4) is 6.07 Å². The topological polar surface area (TPSA) is 70.4 Å². The Morgan fingerprint density at radius 1 is 1.48 bits per heavy atom. The van der Waals surface area contributed by atoms with Crippen molar-refractivity contribution in [3.05, 3.63) is 28.8 Å². The highest BCUT2D eigenvalue weighted by Crippen LogP contribution is 2.39. The molecule has 1 aliphatic rings. The molecule has 1 aromatic carbocycles. The zero-order chi connectivity index (χ0) is 15.8. The number of hydrogen-bond acceptors (Lipinski definition) is 4. The lowest BCUT2D eigenvalue weighted by Gasteiger charge is -2.22. The number of carbonyl (C=O) groups is 2. The number of aldehydes is 1. The summed E-state index contributed by atoms with van der Waals surface area (Å²) in [6.45, 7) is 0.926. The van der Waals surface area contributed by atoms with Gasteiger partial charge in [0.05, 0.1) is 22.9 Å². The van der Waals surface area contributed by atoms with Gasteiger partial charge < -0.3 is 9.53 Å². The largest absolute Gasteiger partial charge is 0.446 e. The van der Waals surface area contributed by atoms with E-state index in [0.29, 0.717) is 6.29 Å². The molecule has 1 fully saturated rings. The van der Waals surface area contributed by atoms with E-state index in [4.69, 9.17) is 5.26 Å². The van der Waals surface area contributed by atoms with Gasteiger partial charge in [-0.3, -0.25) is 4.90 Å². The second kappa shape index (κ2) is 5.09. The van der Waals surface area contributed by atoms with Crippen molar-refractivity contribution >= 4 is 18.1 Å². The van der Waals surface area contributed by atoms with Gasteiger partial charge in [0.15, 0.2) is 0 Å². The summed E-state index contributed by atoms with van der Waals surface area (Å²) in [4.78, 5) is 23.4. The van der Waals surface area contributed by atoms with Gasteiger partial charge in [-0.2, -0.15) is 18.4 Å². The SMILES string of the molecule is Cc1c(N2C(=O)OCC2C=O)ccc(C#N)c1C(F)(F)F. The fourth-order valence-electron chi connectivity index (χ4n) is 2.23. The molecular weight excluding hydrogens is 289 g/mol. The van der Waals surface area contributed by atoms with Crippen molar-refractivity contribution in [2.24, 2.45) is 0 Å². The first kappa shape index (κ1) is 14.8. The average Bonchev–Trinajstić information content (AvgIpc) is 2.78. The standard InChI is InChI=1S/C13H9F3N2O3/c1-7-10(18-9(5-19)6-21-12(18)20)3-2-8(4-17)11(7)13(14,15)16/h2-3,5,9H,6H2,1H3. The maximum absolute atomic E-state index is 13.1. The van der Waals surface area contributed by atoms with Crippen molar-refractivity contribution in [3.63, 3.8) is 0 Å². The van der Waals surface area contributed by atoms with Crippen LogP contribution in [0.5, 0.6) is 0 Å². The van der Waals surface area contributed by atoms with Crippen LogP contribution in [0.1, 0.15) is 16.7 Å². The second-order valence-electron chi connectivity index (χ2n) is 4.39. The van der Waals surface area contributed by atoms with Crippen LogP contribution in [0.25, 0.3) is 0 Å². The van der Waals surface area contributed by atoms with E-state index in [9.17, 15) is 22.8 Å². The summed E-state index contributed by atoms with van der Waals surface area (Å²) < 4.78 is 43.9. The summed E-state index contributed by atoms with van der Waals surface area (Å²) in [5, 5.41) is 8.80. The average molecular weight is 298 g/mol. The highest BCUT2D eigenvalue weighted by Gasteiger charge is 2.40. The summed E-state index contributed by atoms with van der Waals surface area (Å²) in [5.74, 6) is 0. The summed E-state index contributed by atoms with van der Waals surface area (Å²) >= 11 is 0. The van der Waals surface area contributed by atoms with Crippen LogP contribution in [0, 0.1) is 18.3 Å². The minimum absolute atomic E-state index is 0.0964. The van der Waals surface area contributed by atoms with Crippen LogP contribution in [0.4, 0.5) is 23.7 Å². The molecule has 1 unspecified atom stereocenters. The Kier molecular flexibility index (Phi) is 3.60. The minimum atomic E-state index is -4.74. The summed E-state index contributed by atoms with van der Waals surface area (Å²) in [6.07, 6.45) is -5.21. The number of amides is 1. The Morgan fingerprint density at radius 2 is 2.14 bits per heavy atom. The molecule has 0 radical (unpaired) electrons. The van der Waals surface area contributed by atoms with E-state index in [1.54, 1.807) is 0 Å². The molecule has 1 aliphatic heterocycles. The number of alkyl halides is 3. The Bertz CT molecular complexity index is 649. The monoisotopic (exact) mass is 298 g/mol. The third kappa shape index (κ3) is 2.42. The van der Waals surface area contributed by atoms with Gasteiger partial charge in [-0.05, 0) is 24.6 Å². The van der Waals surface area contributed by atoms with E-state index in [1.807, 2.05) is 0 Å². The molecule has 0 saturated carbocycles. The molecule has 1 heterocycles. The van der Waals surface area contributed by atoms with Gasteiger partial charge in [0, 0.05) is 0 Å². The number of cyclic esters (lactones) is 1. The predicted molar refractivity (Wildman–Crippen MR) is 64.6 cm³/mol. The molecule has 1 amide bonds. The number of hydrogen-bond donors (Lipinski definition) is 0. The van der Waals surface area contributed by atoms with E-state index < -0.39 is 29.4 Å². The smallest absolute Gasteiger partial charge is 0.418 e. The van der Waals surface area contributed by atoms with Gasteiger partial charge in [-0.1, -0.05) is 0 Å². The maximum Gasteiger partial charge on any atom is 0.418 e. The number of carbonyl (C=O) groups excluding carboxylic acids is 2. The van der Waals surface area contributed by atoms with Crippen LogP contribution in [0.3, 0.4) is 0 Å². The Labute approximate surface area is 117 Å². The summed E-state index contributed by atoms with van der Waals surface area (Å²) in [7, 11) is 0. The lowest BCUT2D eigenvalue weighted by molar-refractivity contribution is -0.138. The van der Waals surface area contributed by atoms with Crippen molar-refractivity contribution in [2.45, 2.75) is 19.1 Å². The highest BCUT2D eigenvalue weighted by molar-refractivity contribution is 5.96. The van der Waals surface area contributed by atoms with E-state index >= 15 is 0 Å². The molecular formula is C13H9F3N2O3. The number of halogens is 3. The lowest BCUT2D eigenvalue weighted by atomic mass is 9.99. The van der Waals surface area contributed by atoms with Crippen LogP contribution in [0.2, 0.25) is 0 Å². The zero-order valence-corrected chi connectivity index (χ0v) is 10.8. The zero-order valence-electron chi connectivity index (χ0n) is 10.8. The molecule has 0 aromatic heterocycles. The molecule has 1 saturated heterocycles. The van der Waals surface area contributed by atoms with E-state index in [0.717, 1.165) is 17.9 Å². The van der Waals surface area contributed by atoms with Gasteiger partial charge in [-0.15, -0.1) is 0 Å². The van der Waals surface area contributed by atoms with Gasteiger partial charge in [0.1, 0.15) is 18.9 Å². The van der Waals surface area contributed by atoms with Gasteiger partial charge in [-0.25, -0.2) is 4.79 Å². The number of anilines is 1. The molecule has 5 nitrogen and oxygen atoms in total. The minimum Gasteiger partial charge on any atom is -0.446 e. The molecule has 2 rings (SSSR count). The van der Waals surface area contributed by atoms with Crippen molar-refractivity contribution in [2.75, 3.05) is 11.5 Å². The van der Waals surface area contributed by atoms with Gasteiger partial charge in [0.2, 0.25) is 0 Å². The van der Waals surface area contributed by atoms with Crippen LogP contribution in [0.15, 0.2) is 12.1 Å². The highest BCUT2D eigenvalue weighted by atomic mass is 19.4. The van der Waals surface area contributed by atoms with Crippen LogP contribution in [-0.4, -0.2) is 25.0 Å². The van der Waals surface area contributed by atoms with Crippen LogP contribution >= 0.6 is 0 Å². The Balaban J connectivity index is 2.65. The van der Waals surface area contributed by atoms with Crippen LogP contribution < -0.4 is 4.90 Å². The first-order chi connectivity index (χ1) is 9.81. The molecule has 0 aliphatic carbocycles. The lowest BCUT2D eigenvalue weighted by Crippen LogP contribution is -2.35. The molecule has 0 spiro atoms. The van der Waals surface area contributed by atoms with Crippen molar-refractivity contribution < 1.29 is 27.5 Å². The number of ether oxygens (including phenoxy) is 1. The summed E-state index contributed by atoms with van der Waals surface area (Å²) in [5.41, 5.74) is -2.06. The van der Waals surface area contributed by atoms with E-state index in [1.165, 1.54) is 12.1 Å². The fourth-order valence-corrected chi connectivity index (χ4v) is 2.23. The Morgan fingerprint density at radius 3 is 2.67 bits per heavy atom. The predicted octanol–water partition coefficient (Wildman–Crippen LogP) is 2.41. The molecule has 1 atom stereocenters. The normalized spacial score (nSPS) is 18.3. The molecule has 1 aromatic rings. The van der Waals surface area contributed by atoms with E-state index in [2.05, 4.69) is 4.74 Å². The first-order valence-electron chi connectivity index (χ1n) is 5.83. The molecule has 0 N–H and O–H groups in total. The molecule has 8 heteroatoms. The van der Waals surface area contributed by atoms with Crippen molar-refractivity contribution in [1.29, 1.82) is 5.26 Å². The summed E-state index contributed by atoms with van der Waals surface area (Å²) in [6, 6.07) is 2.66. The van der Waals surface area contributed by atoms with Crippen LogP contribution in [-0.2, 0) is 15.7 Å². The number of nitriles is 1. The van der Waals surface area contributed by atoms with E-state index in [-0.39, 0.29) is 17.9 Å². The second-order valence-corrected chi connectivity index (χ2v) is 4.39.